The third-order valence-corrected chi connectivity index (χ3v) is 2.74. The van der Waals surface area contributed by atoms with Crippen molar-refractivity contribution < 1.29 is 4.74 Å². The number of nitrogens with zero attached hydrogens (tertiary/aromatic N) is 1. The minimum atomic E-state index is 0.277. The first-order valence-electron chi connectivity index (χ1n) is 5.40. The zero-order valence-corrected chi connectivity index (χ0v) is 10.6. The van der Waals surface area contributed by atoms with Crippen LogP contribution in [0.15, 0.2) is 4.99 Å². The van der Waals surface area contributed by atoms with Crippen LogP contribution in [0.1, 0.15) is 34.1 Å². The second-order valence-corrected chi connectivity index (χ2v) is 4.94. The molecule has 0 bridgehead atoms. The molecular formula is C11H25N3O. The lowest BCUT2D eigenvalue weighted by atomic mass is 9.80. The molecule has 0 heterocycles. The van der Waals surface area contributed by atoms with Crippen molar-refractivity contribution in [3.63, 3.8) is 0 Å². The number of aliphatic imine (C=N–C) groups is 1. The number of rotatable bonds is 5. The van der Waals surface area contributed by atoms with E-state index in [1.165, 1.54) is 0 Å². The molecule has 0 aliphatic carbocycles. The van der Waals surface area contributed by atoms with E-state index in [1.807, 2.05) is 0 Å². The summed E-state index contributed by atoms with van der Waals surface area (Å²) < 4.78 is 4.93. The van der Waals surface area contributed by atoms with Gasteiger partial charge in [-0.2, -0.15) is 0 Å². The van der Waals surface area contributed by atoms with Gasteiger partial charge in [0.1, 0.15) is 5.84 Å². The molecule has 90 valence electrons. The van der Waals surface area contributed by atoms with Crippen molar-refractivity contribution in [2.24, 2.45) is 22.2 Å². The van der Waals surface area contributed by atoms with Gasteiger partial charge in [-0.05, 0) is 11.3 Å². The normalized spacial score (nSPS) is 15.2. The van der Waals surface area contributed by atoms with Crippen molar-refractivity contribution in [2.75, 3.05) is 20.3 Å². The summed E-state index contributed by atoms with van der Waals surface area (Å²) in [7, 11) is 1.67. The van der Waals surface area contributed by atoms with Crippen LogP contribution in [0.25, 0.3) is 0 Å². The fourth-order valence-electron chi connectivity index (χ4n) is 1.04. The Hall–Kier alpha value is -0.610. The van der Waals surface area contributed by atoms with Crippen molar-refractivity contribution in [1.29, 1.82) is 0 Å². The summed E-state index contributed by atoms with van der Waals surface area (Å²) in [5.74, 6) is 6.82. The van der Waals surface area contributed by atoms with E-state index < -0.39 is 0 Å². The van der Waals surface area contributed by atoms with E-state index in [9.17, 15) is 0 Å². The van der Waals surface area contributed by atoms with E-state index in [4.69, 9.17) is 10.6 Å². The number of amidine groups is 1. The highest BCUT2D eigenvalue weighted by Crippen LogP contribution is 2.27. The summed E-state index contributed by atoms with van der Waals surface area (Å²) in [6.07, 6.45) is 0.879. The van der Waals surface area contributed by atoms with E-state index in [1.54, 1.807) is 7.11 Å². The number of ether oxygens (including phenoxy) is 1. The maximum absolute atomic E-state index is 5.42. The van der Waals surface area contributed by atoms with Crippen molar-refractivity contribution in [1.82, 2.24) is 5.43 Å². The van der Waals surface area contributed by atoms with Crippen LogP contribution >= 0.6 is 0 Å². The number of nitrogens with one attached hydrogen (secondary N) is 1. The Morgan fingerprint density at radius 1 is 1.47 bits per heavy atom. The predicted octanol–water partition coefficient (Wildman–Crippen LogP) is 1.57. The fourth-order valence-corrected chi connectivity index (χ4v) is 1.04. The summed E-state index contributed by atoms with van der Waals surface area (Å²) in [6.45, 7) is 10.2. The maximum Gasteiger partial charge on any atom is 0.111 e. The van der Waals surface area contributed by atoms with Crippen LogP contribution in [0, 0.1) is 11.3 Å². The molecule has 0 rings (SSSR count). The van der Waals surface area contributed by atoms with E-state index in [0.29, 0.717) is 19.1 Å². The minimum absolute atomic E-state index is 0.277. The SMILES string of the molecule is COCCN=C(CC(C)C(C)(C)C)NN. The van der Waals surface area contributed by atoms with Crippen molar-refractivity contribution in [2.45, 2.75) is 34.1 Å². The Labute approximate surface area is 93.3 Å². The van der Waals surface area contributed by atoms with Gasteiger partial charge in [0.05, 0.1) is 13.2 Å². The zero-order chi connectivity index (χ0) is 11.9. The predicted molar refractivity (Wildman–Crippen MR) is 64.7 cm³/mol. The Morgan fingerprint density at radius 3 is 2.47 bits per heavy atom. The van der Waals surface area contributed by atoms with Gasteiger partial charge in [0, 0.05) is 13.5 Å². The average molecular weight is 215 g/mol. The lowest BCUT2D eigenvalue weighted by Gasteiger charge is -2.27. The van der Waals surface area contributed by atoms with Gasteiger partial charge in [-0.1, -0.05) is 27.7 Å². The molecule has 0 aromatic heterocycles. The van der Waals surface area contributed by atoms with Crippen molar-refractivity contribution >= 4 is 5.84 Å². The molecule has 0 aromatic rings. The first-order valence-corrected chi connectivity index (χ1v) is 5.40. The smallest absolute Gasteiger partial charge is 0.111 e. The summed E-state index contributed by atoms with van der Waals surface area (Å²) in [6, 6.07) is 0. The molecule has 0 aliphatic rings. The van der Waals surface area contributed by atoms with Gasteiger partial charge in [-0.25, -0.2) is 5.84 Å². The molecule has 0 fully saturated rings. The first kappa shape index (κ1) is 14.4. The number of nitrogens with two attached hydrogens (primary N) is 1. The molecule has 0 saturated carbocycles. The topological polar surface area (TPSA) is 59.6 Å². The highest BCUT2D eigenvalue weighted by Gasteiger charge is 2.21. The molecule has 0 aliphatic heterocycles. The maximum atomic E-state index is 5.42. The molecular weight excluding hydrogens is 190 g/mol. The van der Waals surface area contributed by atoms with Gasteiger partial charge in [-0.15, -0.1) is 0 Å². The van der Waals surface area contributed by atoms with Crippen LogP contribution in [0.5, 0.6) is 0 Å². The number of hydrazine groups is 1. The number of hydrogen-bond donors (Lipinski definition) is 2. The van der Waals surface area contributed by atoms with Crippen LogP contribution in [-0.4, -0.2) is 26.1 Å². The molecule has 4 heteroatoms. The fraction of sp³-hybridized carbons (Fsp3) is 0.909. The summed E-state index contributed by atoms with van der Waals surface area (Å²) >= 11 is 0. The summed E-state index contributed by atoms with van der Waals surface area (Å²) in [5.41, 5.74) is 2.94. The second-order valence-electron chi connectivity index (χ2n) is 4.94. The Balaban J connectivity index is 4.14. The molecule has 0 radical (unpaired) electrons. The van der Waals surface area contributed by atoms with Crippen molar-refractivity contribution in [3.05, 3.63) is 0 Å². The van der Waals surface area contributed by atoms with E-state index in [-0.39, 0.29) is 5.41 Å². The quantitative estimate of drug-likeness (QED) is 0.241. The third kappa shape index (κ3) is 6.47. The summed E-state index contributed by atoms with van der Waals surface area (Å²) in [4.78, 5) is 4.34. The standard InChI is InChI=1S/C11H25N3O/c1-9(11(2,3)4)8-10(14-12)13-6-7-15-5/h9H,6-8,12H2,1-5H3,(H,13,14). The van der Waals surface area contributed by atoms with E-state index in [0.717, 1.165) is 12.3 Å². The number of methoxy groups -OCH3 is 1. The van der Waals surface area contributed by atoms with E-state index in [2.05, 4.69) is 38.1 Å². The van der Waals surface area contributed by atoms with Crippen molar-refractivity contribution in [3.8, 4) is 0 Å². The second kappa shape index (κ2) is 6.80. The van der Waals surface area contributed by atoms with Gasteiger partial charge in [0.2, 0.25) is 0 Å². The molecule has 0 aromatic carbocycles. The zero-order valence-electron chi connectivity index (χ0n) is 10.6. The minimum Gasteiger partial charge on any atom is -0.383 e. The number of hydrogen-bond acceptors (Lipinski definition) is 3. The lowest BCUT2D eigenvalue weighted by molar-refractivity contribution is 0.207. The molecule has 3 N–H and O–H groups in total. The largest absolute Gasteiger partial charge is 0.383 e. The van der Waals surface area contributed by atoms with Gasteiger partial charge in [0.15, 0.2) is 0 Å². The molecule has 0 spiro atoms. The molecule has 0 amide bonds. The van der Waals surface area contributed by atoms with Crippen LogP contribution in [0.2, 0.25) is 0 Å². The van der Waals surface area contributed by atoms with Gasteiger partial charge < -0.3 is 10.2 Å². The first-order chi connectivity index (χ1) is 6.91. The molecule has 1 unspecified atom stereocenters. The molecule has 15 heavy (non-hydrogen) atoms. The van der Waals surface area contributed by atoms with Gasteiger partial charge in [-0.3, -0.25) is 4.99 Å². The summed E-state index contributed by atoms with van der Waals surface area (Å²) in [5, 5.41) is 0. The van der Waals surface area contributed by atoms with Crippen LogP contribution in [-0.2, 0) is 4.74 Å². The van der Waals surface area contributed by atoms with Crippen LogP contribution in [0.3, 0.4) is 0 Å². The Bertz CT molecular complexity index is 196. The molecule has 1 atom stereocenters. The van der Waals surface area contributed by atoms with Gasteiger partial charge in [0.25, 0.3) is 0 Å². The Kier molecular flexibility index (Phi) is 6.52. The van der Waals surface area contributed by atoms with Crippen LogP contribution < -0.4 is 11.3 Å². The molecule has 4 nitrogen and oxygen atoms in total. The average Bonchev–Trinajstić information content (AvgIpc) is 2.14. The van der Waals surface area contributed by atoms with Crippen LogP contribution in [0.4, 0.5) is 0 Å². The monoisotopic (exact) mass is 215 g/mol. The van der Waals surface area contributed by atoms with Gasteiger partial charge >= 0.3 is 0 Å². The highest BCUT2D eigenvalue weighted by atomic mass is 16.5. The molecule has 0 saturated heterocycles. The Morgan fingerprint density at radius 2 is 2.07 bits per heavy atom. The third-order valence-electron chi connectivity index (χ3n) is 2.74. The highest BCUT2D eigenvalue weighted by molar-refractivity contribution is 5.81. The van der Waals surface area contributed by atoms with E-state index >= 15 is 0 Å². The lowest BCUT2D eigenvalue weighted by Crippen LogP contribution is -2.34.